The van der Waals surface area contributed by atoms with Crippen molar-refractivity contribution in [3.05, 3.63) is 66.0 Å². The molecule has 3 rings (SSSR count). The minimum absolute atomic E-state index is 0.243. The van der Waals surface area contributed by atoms with Gasteiger partial charge in [0.05, 0.1) is 0 Å². The number of carbonyl (C=O) groups excluding carboxylic acids is 1. The van der Waals surface area contributed by atoms with Gasteiger partial charge in [-0.2, -0.15) is 0 Å². The molecule has 0 heterocycles. The molecule has 0 radical (unpaired) electrons. The SMILES string of the molecule is O=C1CCCC1(C[Se]c1ccccc1)c1ccc(F)cc1. The van der Waals surface area contributed by atoms with E-state index in [1.807, 2.05) is 18.2 Å². The normalized spacial score (nSPS) is 21.7. The van der Waals surface area contributed by atoms with Crippen LogP contribution in [0, 0.1) is 5.82 Å². The number of Topliss-reactive ketones (excluding diaryl/α,β-unsaturated/α-hetero) is 1. The molecular formula is C18H17FOSe. The predicted octanol–water partition coefficient (Wildman–Crippen LogP) is 3.26. The molecule has 21 heavy (non-hydrogen) atoms. The average Bonchev–Trinajstić information content (AvgIpc) is 2.89. The summed E-state index contributed by atoms with van der Waals surface area (Å²) >= 11 is 0.260. The number of rotatable bonds is 4. The van der Waals surface area contributed by atoms with Gasteiger partial charge in [0, 0.05) is 0 Å². The average molecular weight is 347 g/mol. The Kier molecular flexibility index (Phi) is 4.23. The molecule has 0 saturated heterocycles. The molecule has 1 fully saturated rings. The van der Waals surface area contributed by atoms with E-state index in [0.717, 1.165) is 23.7 Å². The minimum atomic E-state index is -0.385. The third kappa shape index (κ3) is 2.95. The molecule has 1 aliphatic rings. The van der Waals surface area contributed by atoms with Crippen LogP contribution < -0.4 is 4.46 Å². The van der Waals surface area contributed by atoms with E-state index in [0.29, 0.717) is 12.2 Å². The van der Waals surface area contributed by atoms with E-state index < -0.39 is 0 Å². The first-order valence-corrected chi connectivity index (χ1v) is 9.25. The third-order valence-corrected chi connectivity index (χ3v) is 6.77. The quantitative estimate of drug-likeness (QED) is 0.776. The molecule has 3 heteroatoms. The van der Waals surface area contributed by atoms with Crippen molar-refractivity contribution in [3.8, 4) is 0 Å². The fourth-order valence-electron chi connectivity index (χ4n) is 2.96. The summed E-state index contributed by atoms with van der Waals surface area (Å²) in [6.07, 6.45) is 2.50. The standard InChI is InChI=1S/C18H17FOSe/c19-15-10-8-14(9-11-15)18(12-4-7-17(18)20)13-21-16-5-2-1-3-6-16/h1-3,5-6,8-11H,4,7,12-13H2. The first kappa shape index (κ1) is 14.5. The summed E-state index contributed by atoms with van der Waals surface area (Å²) in [5.74, 6) is 0.0832. The molecule has 0 spiro atoms. The van der Waals surface area contributed by atoms with E-state index in [4.69, 9.17) is 0 Å². The Bertz CT molecular complexity index is 623. The Morgan fingerprint density at radius 3 is 2.38 bits per heavy atom. The van der Waals surface area contributed by atoms with Crippen LogP contribution in [0.1, 0.15) is 24.8 Å². The maximum absolute atomic E-state index is 13.2. The molecule has 1 saturated carbocycles. The topological polar surface area (TPSA) is 17.1 Å². The summed E-state index contributed by atoms with van der Waals surface area (Å²) in [4.78, 5) is 12.5. The van der Waals surface area contributed by atoms with Crippen LogP contribution in [0.4, 0.5) is 4.39 Å². The van der Waals surface area contributed by atoms with Crippen LogP contribution in [-0.4, -0.2) is 20.7 Å². The van der Waals surface area contributed by atoms with Crippen LogP contribution in [0.25, 0.3) is 0 Å². The number of benzene rings is 2. The van der Waals surface area contributed by atoms with Crippen molar-refractivity contribution in [1.29, 1.82) is 0 Å². The van der Waals surface area contributed by atoms with Gasteiger partial charge < -0.3 is 0 Å². The van der Waals surface area contributed by atoms with Crippen LogP contribution in [-0.2, 0) is 10.2 Å². The Morgan fingerprint density at radius 2 is 1.76 bits per heavy atom. The number of ketones is 1. The van der Waals surface area contributed by atoms with Crippen molar-refractivity contribution in [2.24, 2.45) is 0 Å². The summed E-state index contributed by atoms with van der Waals surface area (Å²) in [5.41, 5.74) is 0.605. The molecule has 0 aliphatic heterocycles. The van der Waals surface area contributed by atoms with Crippen molar-refractivity contribution in [2.75, 3.05) is 0 Å². The summed E-state index contributed by atoms with van der Waals surface area (Å²) in [6.45, 7) is 0. The summed E-state index contributed by atoms with van der Waals surface area (Å²) in [5, 5.41) is 0.870. The number of hydrogen-bond acceptors (Lipinski definition) is 1. The second kappa shape index (κ2) is 6.13. The van der Waals surface area contributed by atoms with Gasteiger partial charge in [-0.1, -0.05) is 0 Å². The van der Waals surface area contributed by atoms with E-state index in [2.05, 4.69) is 12.1 Å². The molecule has 1 aliphatic carbocycles. The molecular weight excluding hydrogens is 330 g/mol. The van der Waals surface area contributed by atoms with Crippen molar-refractivity contribution >= 4 is 25.2 Å². The molecule has 0 bridgehead atoms. The molecule has 0 N–H and O–H groups in total. The van der Waals surface area contributed by atoms with E-state index in [1.54, 1.807) is 12.1 Å². The Balaban J connectivity index is 1.87. The van der Waals surface area contributed by atoms with Gasteiger partial charge in [-0.15, -0.1) is 0 Å². The van der Waals surface area contributed by atoms with Gasteiger partial charge in [-0.25, -0.2) is 0 Å². The van der Waals surface area contributed by atoms with Crippen LogP contribution in [0.2, 0.25) is 5.32 Å². The molecule has 108 valence electrons. The van der Waals surface area contributed by atoms with Crippen molar-refractivity contribution in [3.63, 3.8) is 0 Å². The predicted molar refractivity (Wildman–Crippen MR) is 83.6 cm³/mol. The van der Waals surface area contributed by atoms with Crippen LogP contribution in [0.15, 0.2) is 54.6 Å². The summed E-state index contributed by atoms with van der Waals surface area (Å²) in [6, 6.07) is 16.9. The van der Waals surface area contributed by atoms with Gasteiger partial charge in [0.15, 0.2) is 0 Å². The van der Waals surface area contributed by atoms with Crippen molar-refractivity contribution < 1.29 is 9.18 Å². The van der Waals surface area contributed by atoms with Gasteiger partial charge in [-0.3, -0.25) is 0 Å². The Hall–Kier alpha value is -1.44. The van der Waals surface area contributed by atoms with Gasteiger partial charge in [0.2, 0.25) is 0 Å². The zero-order chi connectivity index (χ0) is 14.7. The summed E-state index contributed by atoms with van der Waals surface area (Å²) in [7, 11) is 0. The molecule has 0 aromatic heterocycles. The second-order valence-electron chi connectivity index (χ2n) is 5.47. The van der Waals surface area contributed by atoms with Crippen molar-refractivity contribution in [1.82, 2.24) is 0 Å². The van der Waals surface area contributed by atoms with E-state index in [1.165, 1.54) is 16.6 Å². The fourth-order valence-corrected chi connectivity index (χ4v) is 5.55. The first-order chi connectivity index (χ1) is 10.2. The molecule has 2 aromatic carbocycles. The monoisotopic (exact) mass is 348 g/mol. The first-order valence-electron chi connectivity index (χ1n) is 7.18. The fraction of sp³-hybridized carbons (Fsp3) is 0.278. The zero-order valence-corrected chi connectivity index (χ0v) is 13.4. The Morgan fingerprint density at radius 1 is 1.05 bits per heavy atom. The number of halogens is 1. The Labute approximate surface area is 130 Å². The third-order valence-electron chi connectivity index (χ3n) is 4.17. The molecule has 1 unspecified atom stereocenters. The van der Waals surface area contributed by atoms with Crippen molar-refractivity contribution in [2.45, 2.75) is 30.0 Å². The molecule has 2 aromatic rings. The van der Waals surface area contributed by atoms with E-state index in [-0.39, 0.29) is 26.2 Å². The molecule has 1 atom stereocenters. The van der Waals surface area contributed by atoms with Crippen LogP contribution >= 0.6 is 0 Å². The summed E-state index contributed by atoms with van der Waals surface area (Å²) < 4.78 is 14.5. The van der Waals surface area contributed by atoms with Gasteiger partial charge in [0.25, 0.3) is 0 Å². The number of hydrogen-bond donors (Lipinski definition) is 0. The second-order valence-corrected chi connectivity index (χ2v) is 7.67. The van der Waals surface area contributed by atoms with E-state index >= 15 is 0 Å². The van der Waals surface area contributed by atoms with Gasteiger partial charge >= 0.3 is 130 Å². The van der Waals surface area contributed by atoms with Gasteiger partial charge in [0.1, 0.15) is 0 Å². The molecule has 0 amide bonds. The molecule has 1 nitrogen and oxygen atoms in total. The van der Waals surface area contributed by atoms with E-state index in [9.17, 15) is 9.18 Å². The van der Waals surface area contributed by atoms with Gasteiger partial charge in [-0.05, 0) is 0 Å². The maximum atomic E-state index is 13.2. The zero-order valence-electron chi connectivity index (χ0n) is 11.7. The van der Waals surface area contributed by atoms with Crippen LogP contribution in [0.5, 0.6) is 0 Å². The number of carbonyl (C=O) groups is 1. The van der Waals surface area contributed by atoms with Crippen LogP contribution in [0.3, 0.4) is 0 Å².